The molecule has 2 fully saturated rings. The Morgan fingerprint density at radius 3 is 2.28 bits per heavy atom. The molecule has 1 atom stereocenters. The summed E-state index contributed by atoms with van der Waals surface area (Å²) < 4.78 is 0. The molecule has 1 aliphatic carbocycles. The van der Waals surface area contributed by atoms with Gasteiger partial charge in [-0.25, -0.2) is 4.79 Å². The number of nitrogens with one attached hydrogen (secondary N) is 2. The van der Waals surface area contributed by atoms with Crippen molar-refractivity contribution >= 4 is 76.3 Å². The van der Waals surface area contributed by atoms with Gasteiger partial charge in [-0.05, 0) is 67.3 Å². The highest BCUT2D eigenvalue weighted by atomic mass is 35.5. The van der Waals surface area contributed by atoms with Crippen LogP contribution < -0.4 is 10.6 Å². The summed E-state index contributed by atoms with van der Waals surface area (Å²) in [5.41, 5.74) is 0.728. The highest BCUT2D eigenvalue weighted by Gasteiger charge is 2.43. The summed E-state index contributed by atoms with van der Waals surface area (Å²) >= 11 is 20.1. The first-order valence-corrected chi connectivity index (χ1v) is 16.5. The van der Waals surface area contributed by atoms with Gasteiger partial charge in [0.1, 0.15) is 6.04 Å². The molecule has 43 heavy (non-hydrogen) atoms. The van der Waals surface area contributed by atoms with E-state index in [0.29, 0.717) is 59.4 Å². The van der Waals surface area contributed by atoms with E-state index in [-0.39, 0.29) is 18.4 Å². The molecule has 1 heterocycles. The summed E-state index contributed by atoms with van der Waals surface area (Å²) in [6.07, 6.45) is 8.81. The quantitative estimate of drug-likeness (QED) is 0.218. The number of nitrogens with zero attached hydrogens (tertiary/aromatic N) is 1. The van der Waals surface area contributed by atoms with E-state index in [1.54, 1.807) is 29.2 Å². The highest BCUT2D eigenvalue weighted by Crippen LogP contribution is 2.41. The van der Waals surface area contributed by atoms with Gasteiger partial charge in [0.15, 0.2) is 0 Å². The van der Waals surface area contributed by atoms with E-state index in [1.165, 1.54) is 17.8 Å². The Morgan fingerprint density at radius 2 is 1.67 bits per heavy atom. The van der Waals surface area contributed by atoms with E-state index in [0.717, 1.165) is 23.3 Å². The largest absolute Gasteiger partial charge is 0.480 e. The Balaban J connectivity index is 1.29. The normalized spacial score (nSPS) is 17.5. The number of hydrogen-bond donors (Lipinski definition) is 3. The minimum absolute atomic E-state index is 0.215. The van der Waals surface area contributed by atoms with Crippen LogP contribution in [-0.2, 0) is 24.6 Å². The zero-order valence-electron chi connectivity index (χ0n) is 23.7. The zero-order valence-corrected chi connectivity index (χ0v) is 26.8. The molecule has 3 amide bonds. The number of aliphatic carboxylic acids is 1. The van der Waals surface area contributed by atoms with Gasteiger partial charge in [-0.15, -0.1) is 11.8 Å². The number of thioether (sulfide) groups is 1. The van der Waals surface area contributed by atoms with E-state index in [2.05, 4.69) is 10.6 Å². The lowest BCUT2D eigenvalue weighted by atomic mass is 9.78. The third-order valence-electron chi connectivity index (χ3n) is 8.25. The molecule has 0 radical (unpaired) electrons. The Bertz CT molecular complexity index is 1390. The number of piperidine rings is 1. The lowest BCUT2D eigenvalue weighted by Gasteiger charge is -2.32. The van der Waals surface area contributed by atoms with Gasteiger partial charge in [-0.1, -0.05) is 65.8 Å². The maximum atomic E-state index is 13.4. The van der Waals surface area contributed by atoms with Crippen LogP contribution in [0.2, 0.25) is 15.1 Å². The number of carbonyl (C=O) groups is 4. The molecule has 0 unspecified atom stereocenters. The van der Waals surface area contributed by atoms with Gasteiger partial charge in [-0.3, -0.25) is 14.4 Å². The maximum Gasteiger partial charge on any atom is 0.328 e. The molecule has 0 aromatic heterocycles. The fourth-order valence-electron chi connectivity index (χ4n) is 5.71. The van der Waals surface area contributed by atoms with Gasteiger partial charge >= 0.3 is 5.97 Å². The third kappa shape index (κ3) is 7.87. The van der Waals surface area contributed by atoms with Crippen molar-refractivity contribution in [3.63, 3.8) is 0 Å². The van der Waals surface area contributed by atoms with Gasteiger partial charge < -0.3 is 20.6 Å². The third-order valence-corrected chi connectivity index (χ3v) is 10.3. The number of likely N-dealkylation sites (tertiary alicyclic amines) is 1. The van der Waals surface area contributed by atoms with Crippen LogP contribution in [0.3, 0.4) is 0 Å². The van der Waals surface area contributed by atoms with Crippen LogP contribution in [0.1, 0.15) is 49.7 Å². The van der Waals surface area contributed by atoms with Crippen LogP contribution in [0.25, 0.3) is 6.08 Å². The van der Waals surface area contributed by atoms with Crippen molar-refractivity contribution in [2.75, 3.05) is 25.9 Å². The summed E-state index contributed by atoms with van der Waals surface area (Å²) in [7, 11) is 0. The van der Waals surface area contributed by atoms with Crippen LogP contribution >= 0.6 is 46.6 Å². The van der Waals surface area contributed by atoms with Gasteiger partial charge in [0, 0.05) is 41.5 Å². The molecule has 2 aliphatic rings. The van der Waals surface area contributed by atoms with Crippen molar-refractivity contribution in [2.45, 2.75) is 54.9 Å². The first-order valence-electron chi connectivity index (χ1n) is 14.1. The van der Waals surface area contributed by atoms with Crippen LogP contribution in [0.15, 0.2) is 47.4 Å². The Kier molecular flexibility index (Phi) is 11.5. The predicted octanol–water partition coefficient (Wildman–Crippen LogP) is 5.82. The number of hydrogen-bond acceptors (Lipinski definition) is 5. The van der Waals surface area contributed by atoms with Crippen molar-refractivity contribution in [3.8, 4) is 0 Å². The standard InChI is InChI=1S/C31H34Cl3N3O5S/c1-43-24-10-4-19(26(33)27(24)34)5-11-25(38)37-16-12-20(13-17-37)28(39)36-23(29(40)41)18-35-30(42)31(14-2-3-15-31)21-6-8-22(32)9-7-21/h4-11,20,23H,2-3,12-18H2,1H3,(H,35,42)(H,36,39)(H,40,41)/t23-/m0/s1. The molecule has 8 nitrogen and oxygen atoms in total. The summed E-state index contributed by atoms with van der Waals surface area (Å²) in [6.45, 7) is 0.459. The second-order valence-electron chi connectivity index (χ2n) is 10.8. The van der Waals surface area contributed by atoms with Gasteiger partial charge in [0.25, 0.3) is 0 Å². The van der Waals surface area contributed by atoms with E-state index in [4.69, 9.17) is 34.8 Å². The van der Waals surface area contributed by atoms with E-state index in [1.807, 2.05) is 24.5 Å². The van der Waals surface area contributed by atoms with Crippen molar-refractivity contribution in [1.82, 2.24) is 15.5 Å². The molecule has 1 saturated carbocycles. The summed E-state index contributed by atoms with van der Waals surface area (Å²) in [6, 6.07) is 9.53. The molecular weight excluding hydrogens is 633 g/mol. The molecule has 0 spiro atoms. The zero-order chi connectivity index (χ0) is 31.1. The van der Waals surface area contributed by atoms with Crippen LogP contribution in [0, 0.1) is 5.92 Å². The average Bonchev–Trinajstić information content (AvgIpc) is 3.51. The van der Waals surface area contributed by atoms with E-state index in [9.17, 15) is 24.3 Å². The SMILES string of the molecule is CSc1ccc(C=CC(=O)N2CCC(C(=O)N[C@@H](CNC(=O)C3(c4ccc(Cl)cc4)CCCC3)C(=O)O)CC2)c(Cl)c1Cl. The second kappa shape index (κ2) is 14.8. The molecule has 2 aromatic rings. The highest BCUT2D eigenvalue weighted by molar-refractivity contribution is 7.98. The molecule has 12 heteroatoms. The van der Waals surface area contributed by atoms with Crippen molar-refractivity contribution in [3.05, 3.63) is 68.7 Å². The molecule has 230 valence electrons. The van der Waals surface area contributed by atoms with Crippen molar-refractivity contribution < 1.29 is 24.3 Å². The van der Waals surface area contributed by atoms with Crippen LogP contribution in [0.4, 0.5) is 0 Å². The number of carboxylic acid groups (broad SMARTS) is 1. The summed E-state index contributed by atoms with van der Waals surface area (Å²) in [5.74, 6) is -2.56. The van der Waals surface area contributed by atoms with Crippen LogP contribution in [-0.4, -0.2) is 65.6 Å². The second-order valence-corrected chi connectivity index (χ2v) is 12.9. The number of benzene rings is 2. The number of rotatable bonds is 10. The lowest BCUT2D eigenvalue weighted by molar-refractivity contribution is -0.143. The maximum absolute atomic E-state index is 13.4. The van der Waals surface area contributed by atoms with Gasteiger partial charge in [-0.2, -0.15) is 0 Å². The molecule has 3 N–H and O–H groups in total. The van der Waals surface area contributed by atoms with Crippen LogP contribution in [0.5, 0.6) is 0 Å². The lowest BCUT2D eigenvalue weighted by Crippen LogP contribution is -2.53. The van der Waals surface area contributed by atoms with Crippen molar-refractivity contribution in [2.24, 2.45) is 5.92 Å². The number of halogens is 3. The number of carboxylic acids is 1. The fraction of sp³-hybridized carbons (Fsp3) is 0.419. The van der Waals surface area contributed by atoms with E-state index >= 15 is 0 Å². The molecule has 1 aliphatic heterocycles. The molecule has 1 saturated heterocycles. The Labute approximate surface area is 270 Å². The fourth-order valence-corrected chi connectivity index (χ4v) is 7.01. The Morgan fingerprint density at radius 1 is 1.02 bits per heavy atom. The molecule has 4 rings (SSSR count). The van der Waals surface area contributed by atoms with Crippen molar-refractivity contribution in [1.29, 1.82) is 0 Å². The average molecular weight is 667 g/mol. The predicted molar refractivity (Wildman–Crippen MR) is 171 cm³/mol. The first kappa shape index (κ1) is 33.2. The summed E-state index contributed by atoms with van der Waals surface area (Å²) in [4.78, 5) is 53.6. The minimum Gasteiger partial charge on any atom is -0.480 e. The first-order chi connectivity index (χ1) is 20.6. The number of carbonyl (C=O) groups excluding carboxylic acids is 3. The molecular formula is C31H34Cl3N3O5S. The monoisotopic (exact) mass is 665 g/mol. The molecule has 0 bridgehead atoms. The minimum atomic E-state index is -1.28. The van der Waals surface area contributed by atoms with E-state index < -0.39 is 29.3 Å². The van der Waals surface area contributed by atoms with Gasteiger partial charge in [0.2, 0.25) is 17.7 Å². The smallest absolute Gasteiger partial charge is 0.328 e. The van der Waals surface area contributed by atoms with Gasteiger partial charge in [0.05, 0.1) is 15.5 Å². The number of amides is 3. The summed E-state index contributed by atoms with van der Waals surface area (Å²) in [5, 5.41) is 16.5. The topological polar surface area (TPSA) is 116 Å². The molecule has 2 aromatic carbocycles. The Hall–Kier alpha value is -2.72.